The average Bonchev–Trinajstić information content (AvgIpc) is 3.07. The van der Waals surface area contributed by atoms with E-state index in [1.165, 1.54) is 6.26 Å². The molecule has 2 aromatic rings. The van der Waals surface area contributed by atoms with Gasteiger partial charge in [0.25, 0.3) is 5.91 Å². The molecular weight excluding hydrogens is 284 g/mol. The highest BCUT2D eigenvalue weighted by atomic mass is 16.6. The minimum absolute atomic E-state index is 0.219. The maximum Gasteiger partial charge on any atom is 0.286 e. The van der Waals surface area contributed by atoms with E-state index in [1.807, 2.05) is 30.3 Å². The van der Waals surface area contributed by atoms with Crippen molar-refractivity contribution >= 4 is 11.8 Å². The molecule has 0 unspecified atom stereocenters. The summed E-state index contributed by atoms with van der Waals surface area (Å²) in [6, 6.07) is 12.8. The molecule has 1 aromatic heterocycles. The summed E-state index contributed by atoms with van der Waals surface area (Å²) in [5.41, 5.74) is 3.36. The van der Waals surface area contributed by atoms with Crippen LogP contribution in [-0.2, 0) is 16.2 Å². The molecule has 0 saturated heterocycles. The molecule has 0 aliphatic rings. The van der Waals surface area contributed by atoms with Crippen LogP contribution in [0.15, 0.2) is 53.1 Å². The monoisotopic (exact) mass is 302 g/mol. The molecule has 0 spiro atoms. The molecule has 0 bridgehead atoms. The number of rotatable bonds is 8. The van der Waals surface area contributed by atoms with E-state index in [-0.39, 0.29) is 24.0 Å². The molecule has 0 fully saturated rings. The summed E-state index contributed by atoms with van der Waals surface area (Å²) in [6.07, 6.45) is 2.23. The first-order valence-corrected chi connectivity index (χ1v) is 7.02. The van der Waals surface area contributed by atoms with Gasteiger partial charge in [0.15, 0.2) is 5.76 Å². The van der Waals surface area contributed by atoms with Gasteiger partial charge >= 0.3 is 0 Å². The molecular formula is C16H18N2O4. The maximum absolute atomic E-state index is 11.5. The predicted molar refractivity (Wildman–Crippen MR) is 79.6 cm³/mol. The highest BCUT2D eigenvalue weighted by molar-refractivity contribution is 5.91. The van der Waals surface area contributed by atoms with Crippen LogP contribution in [0.1, 0.15) is 29.0 Å². The van der Waals surface area contributed by atoms with Crippen LogP contribution in [0.3, 0.4) is 0 Å². The molecule has 0 radical (unpaired) electrons. The largest absolute Gasteiger partial charge is 0.459 e. The van der Waals surface area contributed by atoms with E-state index in [9.17, 15) is 9.59 Å². The second kappa shape index (κ2) is 8.63. The number of hydrogen-bond acceptors (Lipinski definition) is 4. The summed E-state index contributed by atoms with van der Waals surface area (Å²) in [5, 5.41) is 2.67. The van der Waals surface area contributed by atoms with Gasteiger partial charge in [-0.2, -0.15) is 0 Å². The molecule has 22 heavy (non-hydrogen) atoms. The number of amides is 2. The third kappa shape index (κ3) is 5.41. The lowest BCUT2D eigenvalue weighted by atomic mass is 10.2. The van der Waals surface area contributed by atoms with Crippen LogP contribution in [0.4, 0.5) is 0 Å². The Bertz CT molecular complexity index is 581. The molecule has 2 amide bonds. The van der Waals surface area contributed by atoms with Crippen molar-refractivity contribution in [3.8, 4) is 0 Å². The van der Waals surface area contributed by atoms with E-state index in [0.717, 1.165) is 5.56 Å². The van der Waals surface area contributed by atoms with Crippen molar-refractivity contribution < 1.29 is 18.8 Å². The van der Waals surface area contributed by atoms with Crippen LogP contribution in [-0.4, -0.2) is 18.4 Å². The first-order valence-electron chi connectivity index (χ1n) is 7.02. The van der Waals surface area contributed by atoms with Crippen molar-refractivity contribution in [1.29, 1.82) is 0 Å². The van der Waals surface area contributed by atoms with E-state index in [4.69, 9.17) is 9.25 Å². The molecule has 2 N–H and O–H groups in total. The molecule has 0 saturated carbocycles. The Kier molecular flexibility index (Phi) is 6.19. The molecule has 1 aromatic carbocycles. The smallest absolute Gasteiger partial charge is 0.286 e. The zero-order valence-corrected chi connectivity index (χ0v) is 12.1. The average molecular weight is 302 g/mol. The quantitative estimate of drug-likeness (QED) is 0.577. The fourth-order valence-electron chi connectivity index (χ4n) is 1.77. The van der Waals surface area contributed by atoms with Gasteiger partial charge in [0.05, 0.1) is 12.9 Å². The fourth-order valence-corrected chi connectivity index (χ4v) is 1.77. The minimum atomic E-state index is -0.286. The topological polar surface area (TPSA) is 80.6 Å². The number of nitrogens with one attached hydrogen (secondary N) is 2. The standard InChI is InChI=1S/C16H18N2O4/c19-15(18-22-12-13-6-2-1-3-7-13)9-4-10-17-16(20)14-8-5-11-21-14/h1-3,5-8,11H,4,9-10,12H2,(H,17,20)(H,18,19). The number of benzene rings is 1. The Labute approximate surface area is 128 Å². The highest BCUT2D eigenvalue weighted by Gasteiger charge is 2.07. The van der Waals surface area contributed by atoms with E-state index < -0.39 is 0 Å². The van der Waals surface area contributed by atoms with Gasteiger partial charge in [-0.05, 0) is 24.1 Å². The van der Waals surface area contributed by atoms with Crippen molar-refractivity contribution in [2.45, 2.75) is 19.4 Å². The second-order valence-corrected chi connectivity index (χ2v) is 4.64. The summed E-state index contributed by atoms with van der Waals surface area (Å²) in [5.74, 6) is -0.246. The normalized spacial score (nSPS) is 10.2. The van der Waals surface area contributed by atoms with Gasteiger partial charge in [0, 0.05) is 13.0 Å². The SMILES string of the molecule is O=C(CCCNC(=O)c1ccco1)NOCc1ccccc1. The molecule has 0 aliphatic carbocycles. The Morgan fingerprint density at radius 3 is 2.64 bits per heavy atom. The van der Waals surface area contributed by atoms with E-state index >= 15 is 0 Å². The molecule has 116 valence electrons. The van der Waals surface area contributed by atoms with Crippen molar-refractivity contribution in [3.63, 3.8) is 0 Å². The van der Waals surface area contributed by atoms with Crippen molar-refractivity contribution in [2.75, 3.05) is 6.54 Å². The summed E-state index contributed by atoms with van der Waals surface area (Å²) < 4.78 is 4.96. The maximum atomic E-state index is 11.5. The third-order valence-corrected chi connectivity index (χ3v) is 2.88. The lowest BCUT2D eigenvalue weighted by molar-refractivity contribution is -0.134. The molecule has 2 rings (SSSR count). The summed E-state index contributed by atoms with van der Waals surface area (Å²) in [6.45, 7) is 0.716. The summed E-state index contributed by atoms with van der Waals surface area (Å²) >= 11 is 0. The van der Waals surface area contributed by atoms with Crippen LogP contribution in [0.5, 0.6) is 0 Å². The zero-order chi connectivity index (χ0) is 15.6. The highest BCUT2D eigenvalue weighted by Crippen LogP contribution is 2.00. The molecule has 0 aliphatic heterocycles. The fraction of sp³-hybridized carbons (Fsp3) is 0.250. The van der Waals surface area contributed by atoms with Crippen molar-refractivity contribution in [1.82, 2.24) is 10.8 Å². The predicted octanol–water partition coefficient (Wildman–Crippen LogP) is 2.04. The van der Waals surface area contributed by atoms with Gasteiger partial charge < -0.3 is 9.73 Å². The number of hydrogen-bond donors (Lipinski definition) is 2. The summed E-state index contributed by atoms with van der Waals surface area (Å²) in [7, 11) is 0. The van der Waals surface area contributed by atoms with E-state index in [1.54, 1.807) is 12.1 Å². The van der Waals surface area contributed by atoms with Crippen LogP contribution in [0.25, 0.3) is 0 Å². The van der Waals surface area contributed by atoms with Crippen LogP contribution in [0.2, 0.25) is 0 Å². The Hall–Kier alpha value is -2.60. The van der Waals surface area contributed by atoms with Crippen molar-refractivity contribution in [3.05, 3.63) is 60.1 Å². The molecule has 6 nitrogen and oxygen atoms in total. The number of furan rings is 1. The van der Waals surface area contributed by atoms with Gasteiger partial charge in [-0.3, -0.25) is 14.4 Å². The van der Waals surface area contributed by atoms with Crippen LogP contribution in [0, 0.1) is 0 Å². The molecule has 1 heterocycles. The lowest BCUT2D eigenvalue weighted by Crippen LogP contribution is -2.27. The van der Waals surface area contributed by atoms with Crippen molar-refractivity contribution in [2.24, 2.45) is 0 Å². The van der Waals surface area contributed by atoms with Crippen LogP contribution < -0.4 is 10.8 Å². The third-order valence-electron chi connectivity index (χ3n) is 2.88. The number of hydroxylamine groups is 1. The molecule has 0 atom stereocenters. The first-order chi connectivity index (χ1) is 10.8. The van der Waals surface area contributed by atoms with Gasteiger partial charge in [-0.25, -0.2) is 5.48 Å². The number of carbonyl (C=O) groups is 2. The Morgan fingerprint density at radius 2 is 1.91 bits per heavy atom. The minimum Gasteiger partial charge on any atom is -0.459 e. The Morgan fingerprint density at radius 1 is 1.09 bits per heavy atom. The first kappa shape index (κ1) is 15.8. The van der Waals surface area contributed by atoms with Gasteiger partial charge in [-0.15, -0.1) is 0 Å². The zero-order valence-electron chi connectivity index (χ0n) is 12.1. The Balaban J connectivity index is 1.53. The summed E-state index contributed by atoms with van der Waals surface area (Å²) in [4.78, 5) is 28.2. The van der Waals surface area contributed by atoms with Gasteiger partial charge in [0.2, 0.25) is 5.91 Å². The number of carbonyl (C=O) groups excluding carboxylic acids is 2. The second-order valence-electron chi connectivity index (χ2n) is 4.64. The van der Waals surface area contributed by atoms with Crippen LogP contribution >= 0.6 is 0 Å². The lowest BCUT2D eigenvalue weighted by Gasteiger charge is -2.06. The van der Waals surface area contributed by atoms with Gasteiger partial charge in [0.1, 0.15) is 0 Å². The van der Waals surface area contributed by atoms with Gasteiger partial charge in [-0.1, -0.05) is 30.3 Å². The van der Waals surface area contributed by atoms with E-state index in [0.29, 0.717) is 19.6 Å². The molecule has 6 heteroatoms. The van der Waals surface area contributed by atoms with E-state index in [2.05, 4.69) is 10.8 Å².